The number of ether oxygens (including phenoxy) is 1. The van der Waals surface area contributed by atoms with Crippen LogP contribution in [-0.2, 0) is 11.3 Å². The van der Waals surface area contributed by atoms with Crippen LogP contribution in [0.3, 0.4) is 0 Å². The van der Waals surface area contributed by atoms with E-state index in [0.717, 1.165) is 72.8 Å². The predicted octanol–water partition coefficient (Wildman–Crippen LogP) is 4.36. The maximum absolute atomic E-state index is 12.6. The summed E-state index contributed by atoms with van der Waals surface area (Å²) in [5, 5.41) is 3.42. The molecular weight excluding hydrogens is 466 g/mol. The molecule has 6 rings (SSSR count). The first-order chi connectivity index (χ1) is 18.1. The van der Waals surface area contributed by atoms with Crippen molar-refractivity contribution < 1.29 is 4.74 Å². The van der Waals surface area contributed by atoms with E-state index in [-0.39, 0.29) is 5.56 Å². The number of H-pyrrole nitrogens is 1. The molecular formula is C28H33N7O2. The molecule has 1 saturated carbocycles. The van der Waals surface area contributed by atoms with Crippen LogP contribution in [0.1, 0.15) is 48.5 Å². The molecule has 37 heavy (non-hydrogen) atoms. The molecule has 192 valence electrons. The molecule has 1 aromatic carbocycles. The van der Waals surface area contributed by atoms with Crippen LogP contribution < -0.4 is 15.8 Å². The number of fused-ring (bicyclic) bond motifs is 1. The summed E-state index contributed by atoms with van der Waals surface area (Å²) >= 11 is 0. The first kappa shape index (κ1) is 23.7. The zero-order valence-corrected chi connectivity index (χ0v) is 21.5. The number of morpholine rings is 1. The van der Waals surface area contributed by atoms with E-state index in [2.05, 4.69) is 44.0 Å². The number of hydrogen-bond acceptors (Lipinski definition) is 7. The van der Waals surface area contributed by atoms with Crippen LogP contribution >= 0.6 is 0 Å². The summed E-state index contributed by atoms with van der Waals surface area (Å²) in [6, 6.07) is 10.8. The van der Waals surface area contributed by atoms with Crippen molar-refractivity contribution in [3.05, 3.63) is 63.8 Å². The lowest BCUT2D eigenvalue weighted by Gasteiger charge is -2.29. The SMILES string of the molecule is Cc1cc(C)c(CNc2nc(-c3cccc(N4CCOCC4)c3)nc3c2ncn3C2CCCC2)c(=O)[nH]1. The maximum Gasteiger partial charge on any atom is 0.253 e. The summed E-state index contributed by atoms with van der Waals surface area (Å²) < 4.78 is 7.75. The monoisotopic (exact) mass is 499 g/mol. The van der Waals surface area contributed by atoms with Gasteiger partial charge in [0.15, 0.2) is 17.3 Å². The van der Waals surface area contributed by atoms with Crippen molar-refractivity contribution in [2.45, 2.75) is 52.1 Å². The highest BCUT2D eigenvalue weighted by Gasteiger charge is 2.23. The molecule has 3 aromatic heterocycles. The molecule has 0 amide bonds. The van der Waals surface area contributed by atoms with Gasteiger partial charge < -0.3 is 24.5 Å². The van der Waals surface area contributed by atoms with Crippen molar-refractivity contribution in [3.8, 4) is 11.4 Å². The largest absolute Gasteiger partial charge is 0.378 e. The van der Waals surface area contributed by atoms with Gasteiger partial charge >= 0.3 is 0 Å². The zero-order chi connectivity index (χ0) is 25.4. The number of imidazole rings is 1. The molecule has 9 heteroatoms. The van der Waals surface area contributed by atoms with E-state index in [4.69, 9.17) is 19.7 Å². The van der Waals surface area contributed by atoms with Gasteiger partial charge in [0.25, 0.3) is 5.56 Å². The van der Waals surface area contributed by atoms with Gasteiger partial charge in [-0.15, -0.1) is 0 Å². The molecule has 0 spiro atoms. The number of aryl methyl sites for hydroxylation is 2. The Labute approximate surface area is 215 Å². The number of hydrogen-bond donors (Lipinski definition) is 2. The number of benzene rings is 1. The predicted molar refractivity (Wildman–Crippen MR) is 145 cm³/mol. The Morgan fingerprint density at radius 1 is 1.11 bits per heavy atom. The third kappa shape index (κ3) is 4.71. The van der Waals surface area contributed by atoms with E-state index in [1.165, 1.54) is 12.8 Å². The van der Waals surface area contributed by atoms with Gasteiger partial charge in [-0.05, 0) is 50.5 Å². The van der Waals surface area contributed by atoms with Crippen LogP contribution in [0, 0.1) is 13.8 Å². The van der Waals surface area contributed by atoms with Crippen molar-refractivity contribution in [2.75, 3.05) is 36.5 Å². The number of aromatic amines is 1. The van der Waals surface area contributed by atoms with E-state index in [1.54, 1.807) is 0 Å². The summed E-state index contributed by atoms with van der Waals surface area (Å²) in [6.45, 7) is 7.43. The second-order valence-corrected chi connectivity index (χ2v) is 10.1. The van der Waals surface area contributed by atoms with E-state index < -0.39 is 0 Å². The molecule has 1 aliphatic carbocycles. The summed E-state index contributed by atoms with van der Waals surface area (Å²) in [7, 11) is 0. The highest BCUT2D eigenvalue weighted by molar-refractivity contribution is 5.85. The normalized spacial score (nSPS) is 16.5. The molecule has 2 fully saturated rings. The average Bonchev–Trinajstić information content (AvgIpc) is 3.59. The minimum absolute atomic E-state index is 0.0785. The second kappa shape index (κ2) is 9.97. The highest BCUT2D eigenvalue weighted by Crippen LogP contribution is 2.34. The first-order valence-electron chi connectivity index (χ1n) is 13.2. The Morgan fingerprint density at radius 3 is 2.70 bits per heavy atom. The molecule has 4 heterocycles. The van der Waals surface area contributed by atoms with Crippen molar-refractivity contribution in [2.24, 2.45) is 0 Å². The van der Waals surface area contributed by atoms with E-state index >= 15 is 0 Å². The highest BCUT2D eigenvalue weighted by atomic mass is 16.5. The van der Waals surface area contributed by atoms with Gasteiger partial charge in [0.1, 0.15) is 5.52 Å². The fraction of sp³-hybridized carbons (Fsp3) is 0.429. The lowest BCUT2D eigenvalue weighted by Crippen LogP contribution is -2.36. The van der Waals surface area contributed by atoms with E-state index in [9.17, 15) is 4.79 Å². The van der Waals surface area contributed by atoms with E-state index in [1.807, 2.05) is 26.2 Å². The van der Waals surface area contributed by atoms with Crippen LogP contribution in [0.25, 0.3) is 22.6 Å². The van der Waals surface area contributed by atoms with Crippen LogP contribution in [0.4, 0.5) is 11.5 Å². The smallest absolute Gasteiger partial charge is 0.253 e. The number of pyridine rings is 1. The number of nitrogens with zero attached hydrogens (tertiary/aromatic N) is 5. The van der Waals surface area contributed by atoms with Gasteiger partial charge in [-0.1, -0.05) is 25.0 Å². The second-order valence-electron chi connectivity index (χ2n) is 10.1. The Kier molecular flexibility index (Phi) is 6.38. The van der Waals surface area contributed by atoms with Crippen molar-refractivity contribution in [1.29, 1.82) is 0 Å². The third-order valence-corrected chi connectivity index (χ3v) is 7.55. The zero-order valence-electron chi connectivity index (χ0n) is 21.5. The standard InChI is InChI=1S/C28H33N7O2/c1-18-14-19(2)31-28(36)23(18)16-29-26-24-27(35(17-30-24)21-7-3-4-8-21)33-25(32-26)20-6-5-9-22(15-20)34-10-12-37-13-11-34/h5-6,9,14-15,17,21H,3-4,7-8,10-13,16H2,1-2H3,(H,31,36)(H,29,32,33). The summed E-state index contributed by atoms with van der Waals surface area (Å²) in [5.41, 5.74) is 6.10. The quantitative estimate of drug-likeness (QED) is 0.406. The Morgan fingerprint density at radius 2 is 1.92 bits per heavy atom. The van der Waals surface area contributed by atoms with Crippen LogP contribution in [0.5, 0.6) is 0 Å². The van der Waals surface area contributed by atoms with Crippen molar-refractivity contribution in [1.82, 2.24) is 24.5 Å². The fourth-order valence-corrected chi connectivity index (χ4v) is 5.56. The van der Waals surface area contributed by atoms with Gasteiger partial charge in [-0.2, -0.15) is 0 Å². The molecule has 0 unspecified atom stereocenters. The fourth-order valence-electron chi connectivity index (χ4n) is 5.56. The summed E-state index contributed by atoms with van der Waals surface area (Å²) in [4.78, 5) is 32.6. The molecule has 9 nitrogen and oxygen atoms in total. The van der Waals surface area contributed by atoms with Crippen molar-refractivity contribution in [3.63, 3.8) is 0 Å². The third-order valence-electron chi connectivity index (χ3n) is 7.55. The van der Waals surface area contributed by atoms with E-state index in [0.29, 0.717) is 29.8 Å². The molecule has 1 saturated heterocycles. The number of aromatic nitrogens is 5. The lowest BCUT2D eigenvalue weighted by molar-refractivity contribution is 0.122. The molecule has 1 aliphatic heterocycles. The Bertz CT molecular complexity index is 1480. The van der Waals surface area contributed by atoms with Gasteiger partial charge in [0.05, 0.1) is 19.5 Å². The Hall–Kier alpha value is -3.72. The van der Waals surface area contributed by atoms with Gasteiger partial charge in [-0.3, -0.25) is 4.79 Å². The minimum atomic E-state index is -0.0785. The topological polar surface area (TPSA) is 101 Å². The summed E-state index contributed by atoms with van der Waals surface area (Å²) in [5.74, 6) is 1.30. The minimum Gasteiger partial charge on any atom is -0.378 e. The van der Waals surface area contributed by atoms with Crippen LogP contribution in [0.2, 0.25) is 0 Å². The van der Waals surface area contributed by atoms with Gasteiger partial charge in [0, 0.05) is 48.2 Å². The molecule has 0 bridgehead atoms. The molecule has 4 aromatic rings. The summed E-state index contributed by atoms with van der Waals surface area (Å²) in [6.07, 6.45) is 6.63. The van der Waals surface area contributed by atoms with Crippen LogP contribution in [0.15, 0.2) is 41.5 Å². The van der Waals surface area contributed by atoms with Crippen molar-refractivity contribution >= 4 is 22.7 Å². The lowest BCUT2D eigenvalue weighted by atomic mass is 10.1. The first-order valence-corrected chi connectivity index (χ1v) is 13.2. The Balaban J connectivity index is 1.41. The average molecular weight is 500 g/mol. The number of anilines is 2. The van der Waals surface area contributed by atoms with Gasteiger partial charge in [0.2, 0.25) is 0 Å². The maximum atomic E-state index is 12.6. The molecule has 2 N–H and O–H groups in total. The number of nitrogens with one attached hydrogen (secondary N) is 2. The molecule has 0 radical (unpaired) electrons. The van der Waals surface area contributed by atoms with Crippen LogP contribution in [-0.4, -0.2) is 50.8 Å². The molecule has 0 atom stereocenters. The van der Waals surface area contributed by atoms with Gasteiger partial charge in [-0.25, -0.2) is 15.0 Å². The number of rotatable bonds is 6. The molecule has 2 aliphatic rings.